The van der Waals surface area contributed by atoms with Gasteiger partial charge in [0, 0.05) is 30.1 Å². The normalized spacial score (nSPS) is 17.6. The summed E-state index contributed by atoms with van der Waals surface area (Å²) >= 11 is 6.97. The van der Waals surface area contributed by atoms with E-state index in [0.717, 1.165) is 29.7 Å². The second-order valence-electron chi connectivity index (χ2n) is 3.82. The van der Waals surface area contributed by atoms with Crippen molar-refractivity contribution >= 4 is 23.4 Å². The quantitative estimate of drug-likeness (QED) is 0.525. The van der Waals surface area contributed by atoms with Crippen molar-refractivity contribution in [2.24, 2.45) is 0 Å². The summed E-state index contributed by atoms with van der Waals surface area (Å²) in [6, 6.07) is 7.03. The number of nitrogens with zero attached hydrogens (tertiary/aromatic N) is 2. The van der Waals surface area contributed by atoms with Crippen molar-refractivity contribution in [2.45, 2.75) is 4.90 Å². The van der Waals surface area contributed by atoms with Gasteiger partial charge in [-0.15, -0.1) is 0 Å². The average Bonchev–Trinajstić information content (AvgIpc) is 2.72. The van der Waals surface area contributed by atoms with Crippen LogP contribution in [-0.4, -0.2) is 30.0 Å². The number of hydrogen-bond donors (Lipinski definition) is 1. The molecule has 1 heterocycles. The monoisotopic (exact) mass is 285 g/mol. The molecule has 18 heavy (non-hydrogen) atoms. The third-order valence-corrected chi connectivity index (χ3v) is 3.76. The van der Waals surface area contributed by atoms with Gasteiger partial charge >= 0.3 is 5.03 Å². The highest BCUT2D eigenvalue weighted by atomic mass is 35.5. The molecule has 0 radical (unpaired) electrons. The van der Waals surface area contributed by atoms with Crippen molar-refractivity contribution in [3.8, 4) is 0 Å². The molecule has 0 aliphatic carbocycles. The zero-order valence-electron chi connectivity index (χ0n) is 9.72. The highest BCUT2D eigenvalue weighted by Crippen LogP contribution is 2.31. The van der Waals surface area contributed by atoms with Crippen LogP contribution < -0.4 is 5.32 Å². The minimum Gasteiger partial charge on any atom is -0.364 e. The third kappa shape index (κ3) is 2.88. The van der Waals surface area contributed by atoms with Crippen LogP contribution in [0.2, 0.25) is 5.02 Å². The summed E-state index contributed by atoms with van der Waals surface area (Å²) in [6.07, 6.45) is 0. The molecule has 1 aliphatic heterocycles. The Morgan fingerprint density at radius 3 is 2.94 bits per heavy atom. The second-order valence-corrected chi connectivity index (χ2v) is 5.32. The van der Waals surface area contributed by atoms with Crippen LogP contribution in [-0.2, 0) is 0 Å². The van der Waals surface area contributed by atoms with Crippen LogP contribution in [0.4, 0.5) is 0 Å². The van der Waals surface area contributed by atoms with E-state index in [4.69, 9.17) is 11.6 Å². The maximum Gasteiger partial charge on any atom is 0.347 e. The number of thioether (sulfide) groups is 1. The number of hydrogen-bond acceptors (Lipinski definition) is 5. The Morgan fingerprint density at radius 1 is 1.61 bits per heavy atom. The van der Waals surface area contributed by atoms with Gasteiger partial charge in [0.15, 0.2) is 5.82 Å². The lowest BCUT2D eigenvalue weighted by Gasteiger charge is -2.11. The molecular formula is C11H12ClN3O2S. The number of nitro groups is 1. The Kier molecular flexibility index (Phi) is 3.98. The molecule has 1 aliphatic rings. The van der Waals surface area contributed by atoms with Crippen molar-refractivity contribution in [3.05, 3.63) is 50.3 Å². The largest absolute Gasteiger partial charge is 0.364 e. The van der Waals surface area contributed by atoms with E-state index in [1.54, 1.807) is 24.3 Å². The van der Waals surface area contributed by atoms with Gasteiger partial charge in [0.25, 0.3) is 0 Å². The fourth-order valence-corrected chi connectivity index (χ4v) is 2.85. The zero-order valence-corrected chi connectivity index (χ0v) is 11.3. The van der Waals surface area contributed by atoms with Gasteiger partial charge in [0.05, 0.1) is 4.92 Å². The molecule has 1 saturated heterocycles. The van der Waals surface area contributed by atoms with E-state index in [1.165, 1.54) is 0 Å². The Balaban J connectivity index is 2.30. The molecule has 0 atom stereocenters. The van der Waals surface area contributed by atoms with Gasteiger partial charge in [0.1, 0.15) is 0 Å². The molecular weight excluding hydrogens is 274 g/mol. The molecule has 0 spiro atoms. The smallest absolute Gasteiger partial charge is 0.347 e. The van der Waals surface area contributed by atoms with E-state index >= 15 is 0 Å². The summed E-state index contributed by atoms with van der Waals surface area (Å²) in [7, 11) is 1.83. The van der Waals surface area contributed by atoms with Crippen LogP contribution in [0, 0.1) is 10.1 Å². The van der Waals surface area contributed by atoms with Crippen LogP contribution in [0.15, 0.2) is 40.0 Å². The van der Waals surface area contributed by atoms with Gasteiger partial charge in [-0.05, 0) is 30.0 Å². The topological polar surface area (TPSA) is 58.4 Å². The van der Waals surface area contributed by atoms with E-state index in [0.29, 0.717) is 10.8 Å². The van der Waals surface area contributed by atoms with Gasteiger partial charge in [-0.3, -0.25) is 10.1 Å². The first-order chi connectivity index (χ1) is 8.58. The predicted octanol–water partition coefficient (Wildman–Crippen LogP) is 2.37. The highest BCUT2D eigenvalue weighted by molar-refractivity contribution is 8.02. The van der Waals surface area contributed by atoms with Crippen molar-refractivity contribution in [3.63, 3.8) is 0 Å². The minimum absolute atomic E-state index is 0.0947. The molecule has 0 aromatic heterocycles. The second kappa shape index (κ2) is 5.49. The van der Waals surface area contributed by atoms with Crippen molar-refractivity contribution < 1.29 is 4.92 Å². The molecule has 0 unspecified atom stereocenters. The van der Waals surface area contributed by atoms with Crippen molar-refractivity contribution in [1.82, 2.24) is 10.2 Å². The summed E-state index contributed by atoms with van der Waals surface area (Å²) < 4.78 is 0. The zero-order chi connectivity index (χ0) is 13.1. The molecule has 0 saturated carbocycles. The molecule has 1 aromatic carbocycles. The average molecular weight is 286 g/mol. The molecule has 96 valence electrons. The van der Waals surface area contributed by atoms with Crippen LogP contribution in [0.5, 0.6) is 0 Å². The lowest BCUT2D eigenvalue weighted by molar-refractivity contribution is -0.412. The highest BCUT2D eigenvalue weighted by Gasteiger charge is 2.26. The van der Waals surface area contributed by atoms with E-state index in [1.807, 2.05) is 11.9 Å². The fourth-order valence-electron chi connectivity index (χ4n) is 1.64. The van der Waals surface area contributed by atoms with Gasteiger partial charge in [-0.25, -0.2) is 0 Å². The van der Waals surface area contributed by atoms with Gasteiger partial charge in [-0.1, -0.05) is 17.7 Å². The summed E-state index contributed by atoms with van der Waals surface area (Å²) in [6.45, 7) is 1.49. The van der Waals surface area contributed by atoms with Crippen LogP contribution in [0.25, 0.3) is 0 Å². The van der Waals surface area contributed by atoms with Crippen LogP contribution >= 0.6 is 23.4 Å². The van der Waals surface area contributed by atoms with E-state index in [9.17, 15) is 10.1 Å². The van der Waals surface area contributed by atoms with Gasteiger partial charge in [0.2, 0.25) is 0 Å². The first-order valence-electron chi connectivity index (χ1n) is 5.35. The van der Waals surface area contributed by atoms with E-state index in [2.05, 4.69) is 5.32 Å². The summed E-state index contributed by atoms with van der Waals surface area (Å²) in [5, 5.41) is 14.8. The third-order valence-electron chi connectivity index (χ3n) is 2.50. The Bertz CT molecular complexity index is 507. The molecule has 0 amide bonds. The standard InChI is InChI=1S/C11H12ClN3O2S/c1-14-6-5-13-10(14)11(15(16)17)18-9-4-2-3-8(12)7-9/h2-4,7,13H,5-6H2,1H3. The van der Waals surface area contributed by atoms with Crippen molar-refractivity contribution in [2.75, 3.05) is 20.1 Å². The van der Waals surface area contributed by atoms with Gasteiger partial charge in [-0.2, -0.15) is 0 Å². The Labute approximate surface area is 114 Å². The maximum atomic E-state index is 11.1. The van der Waals surface area contributed by atoms with Crippen LogP contribution in [0.3, 0.4) is 0 Å². The van der Waals surface area contributed by atoms with E-state index in [-0.39, 0.29) is 9.95 Å². The first-order valence-corrected chi connectivity index (χ1v) is 6.54. The lowest BCUT2D eigenvalue weighted by atomic mass is 10.4. The van der Waals surface area contributed by atoms with E-state index < -0.39 is 0 Å². The summed E-state index contributed by atoms with van der Waals surface area (Å²) in [5.74, 6) is 0.560. The number of halogens is 1. The molecule has 7 heteroatoms. The number of rotatable bonds is 3. The molecule has 1 aromatic rings. The molecule has 0 bridgehead atoms. The van der Waals surface area contributed by atoms with Crippen molar-refractivity contribution in [1.29, 1.82) is 0 Å². The predicted molar refractivity (Wildman–Crippen MR) is 72.0 cm³/mol. The SMILES string of the molecule is CN1CCNC1=C(Sc1cccc(Cl)c1)[N+](=O)[O-]. The summed E-state index contributed by atoms with van der Waals surface area (Å²) in [5.41, 5.74) is 0. The molecule has 5 nitrogen and oxygen atoms in total. The first kappa shape index (κ1) is 13.0. The lowest BCUT2D eigenvalue weighted by Crippen LogP contribution is -2.18. The fraction of sp³-hybridized carbons (Fsp3) is 0.273. The number of likely N-dealkylation sites (N-methyl/N-ethyl adjacent to an activating group) is 1. The molecule has 1 N–H and O–H groups in total. The molecule has 2 rings (SSSR count). The number of nitrogens with one attached hydrogen (secondary N) is 1. The Hall–Kier alpha value is -1.40. The maximum absolute atomic E-state index is 11.1. The summed E-state index contributed by atoms with van der Waals surface area (Å²) in [4.78, 5) is 13.4. The number of benzene rings is 1. The molecule has 1 fully saturated rings. The minimum atomic E-state index is -0.365. The Morgan fingerprint density at radius 2 is 2.39 bits per heavy atom. The van der Waals surface area contributed by atoms with Gasteiger partial charge < -0.3 is 10.2 Å². The van der Waals surface area contributed by atoms with Crippen LogP contribution in [0.1, 0.15) is 0 Å².